The number of anilines is 1. The Bertz CT molecular complexity index is 1290. The first kappa shape index (κ1) is 20.3. The Morgan fingerprint density at radius 3 is 2.68 bits per heavy atom. The van der Waals surface area contributed by atoms with Gasteiger partial charge in [-0.05, 0) is 29.8 Å². The smallest absolute Gasteiger partial charge is 0.268 e. The highest BCUT2D eigenvalue weighted by molar-refractivity contribution is 7.15. The van der Waals surface area contributed by atoms with Crippen LogP contribution in [0, 0.1) is 17.1 Å². The van der Waals surface area contributed by atoms with Crippen LogP contribution in [-0.4, -0.2) is 10.9 Å². The van der Waals surface area contributed by atoms with Crippen molar-refractivity contribution in [2.75, 3.05) is 5.32 Å². The fourth-order valence-electron chi connectivity index (χ4n) is 2.94. The second kappa shape index (κ2) is 9.20. The van der Waals surface area contributed by atoms with Crippen molar-refractivity contribution in [3.8, 4) is 17.4 Å². The van der Waals surface area contributed by atoms with E-state index in [1.807, 2.05) is 36.4 Å². The summed E-state index contributed by atoms with van der Waals surface area (Å²) in [7, 11) is 0. The van der Waals surface area contributed by atoms with Crippen molar-refractivity contribution in [3.63, 3.8) is 0 Å². The van der Waals surface area contributed by atoms with Gasteiger partial charge < -0.3 is 4.42 Å². The van der Waals surface area contributed by atoms with Gasteiger partial charge >= 0.3 is 0 Å². The minimum Gasteiger partial charge on any atom is -0.457 e. The van der Waals surface area contributed by atoms with E-state index in [1.54, 1.807) is 36.5 Å². The second-order valence-corrected chi connectivity index (χ2v) is 7.72. The molecule has 4 rings (SSSR count). The maximum atomic E-state index is 13.9. The Labute approximate surface area is 182 Å². The van der Waals surface area contributed by atoms with Crippen LogP contribution >= 0.6 is 11.3 Å². The number of carbonyl (C=O) groups excluding carboxylic acids is 1. The lowest BCUT2D eigenvalue weighted by atomic mass is 10.1. The number of thiazole rings is 1. The third-order valence-corrected chi connectivity index (χ3v) is 5.33. The summed E-state index contributed by atoms with van der Waals surface area (Å²) >= 11 is 1.35. The van der Waals surface area contributed by atoms with Crippen molar-refractivity contribution < 1.29 is 13.6 Å². The van der Waals surface area contributed by atoms with Gasteiger partial charge in [0.15, 0.2) is 5.13 Å². The lowest BCUT2D eigenvalue weighted by molar-refractivity contribution is -0.112. The van der Waals surface area contributed by atoms with E-state index in [2.05, 4.69) is 10.3 Å². The SMILES string of the molecule is N#CC(=Cc1ccc(-c2ccccc2F)o1)C(=O)Nc1ncc(Cc2ccccc2)s1. The van der Waals surface area contributed by atoms with Crippen LogP contribution in [0.25, 0.3) is 17.4 Å². The van der Waals surface area contributed by atoms with Crippen LogP contribution in [0.3, 0.4) is 0 Å². The molecular weight excluding hydrogens is 413 g/mol. The number of furan rings is 1. The van der Waals surface area contributed by atoms with Gasteiger partial charge in [-0.2, -0.15) is 5.26 Å². The highest BCUT2D eigenvalue weighted by atomic mass is 32.1. The van der Waals surface area contributed by atoms with E-state index in [0.717, 1.165) is 10.4 Å². The standard InChI is InChI=1S/C24H16FN3O2S/c25-21-9-5-4-8-20(21)22-11-10-18(30-22)13-17(14-26)23(29)28-24-27-15-19(31-24)12-16-6-2-1-3-7-16/h1-11,13,15H,12H2,(H,27,28,29). The molecule has 0 spiro atoms. The van der Waals surface area contributed by atoms with Crippen LogP contribution in [0.2, 0.25) is 0 Å². The van der Waals surface area contributed by atoms with E-state index in [1.165, 1.54) is 23.5 Å². The van der Waals surface area contributed by atoms with E-state index in [0.29, 0.717) is 22.9 Å². The zero-order chi connectivity index (χ0) is 21.6. The second-order valence-electron chi connectivity index (χ2n) is 6.60. The molecule has 1 N–H and O–H groups in total. The molecule has 152 valence electrons. The summed E-state index contributed by atoms with van der Waals surface area (Å²) in [5.74, 6) is -0.422. The molecule has 0 fully saturated rings. The Morgan fingerprint density at radius 1 is 1.13 bits per heavy atom. The van der Waals surface area contributed by atoms with E-state index < -0.39 is 11.7 Å². The molecule has 2 aromatic carbocycles. The van der Waals surface area contributed by atoms with Gasteiger partial charge in [0.2, 0.25) is 0 Å². The first-order valence-electron chi connectivity index (χ1n) is 9.39. The van der Waals surface area contributed by atoms with E-state index in [9.17, 15) is 14.4 Å². The Morgan fingerprint density at radius 2 is 1.90 bits per heavy atom. The minimum atomic E-state index is -0.591. The Balaban J connectivity index is 1.46. The molecule has 4 aromatic rings. The van der Waals surface area contributed by atoms with Crippen molar-refractivity contribution in [2.45, 2.75) is 6.42 Å². The summed E-state index contributed by atoms with van der Waals surface area (Å²) in [5.41, 5.74) is 1.30. The van der Waals surface area contributed by atoms with Gasteiger partial charge in [-0.1, -0.05) is 42.5 Å². The lowest BCUT2D eigenvalue weighted by Crippen LogP contribution is -2.13. The highest BCUT2D eigenvalue weighted by Gasteiger charge is 2.14. The maximum Gasteiger partial charge on any atom is 0.268 e. The molecular formula is C24H16FN3O2S. The molecule has 0 atom stereocenters. The zero-order valence-electron chi connectivity index (χ0n) is 16.2. The molecule has 1 amide bonds. The third-order valence-electron chi connectivity index (χ3n) is 4.41. The monoisotopic (exact) mass is 429 g/mol. The molecule has 0 aliphatic carbocycles. The average molecular weight is 429 g/mol. The largest absolute Gasteiger partial charge is 0.457 e. The van der Waals surface area contributed by atoms with Crippen molar-refractivity contribution >= 4 is 28.5 Å². The van der Waals surface area contributed by atoms with Gasteiger partial charge in [0.1, 0.15) is 29.0 Å². The van der Waals surface area contributed by atoms with Crippen molar-refractivity contribution in [3.05, 3.63) is 101 Å². The predicted octanol–water partition coefficient (Wildman–Crippen LogP) is 5.68. The predicted molar refractivity (Wildman–Crippen MR) is 118 cm³/mol. The quantitative estimate of drug-likeness (QED) is 0.316. The van der Waals surface area contributed by atoms with Gasteiger partial charge in [-0.3, -0.25) is 10.1 Å². The zero-order valence-corrected chi connectivity index (χ0v) is 17.0. The molecule has 0 aliphatic rings. The first-order chi connectivity index (χ1) is 15.1. The van der Waals surface area contributed by atoms with Gasteiger partial charge in [-0.15, -0.1) is 11.3 Å². The number of rotatable bonds is 6. The minimum absolute atomic E-state index is 0.144. The highest BCUT2D eigenvalue weighted by Crippen LogP contribution is 2.26. The fourth-order valence-corrected chi connectivity index (χ4v) is 3.78. The Hall–Kier alpha value is -4.02. The lowest BCUT2D eigenvalue weighted by Gasteiger charge is -2.00. The van der Waals surface area contributed by atoms with Gasteiger partial charge in [0, 0.05) is 23.6 Å². The number of hydrogen-bond acceptors (Lipinski definition) is 5. The van der Waals surface area contributed by atoms with Gasteiger partial charge in [-0.25, -0.2) is 9.37 Å². The first-order valence-corrected chi connectivity index (χ1v) is 10.2. The molecule has 0 saturated carbocycles. The molecule has 5 nitrogen and oxygen atoms in total. The van der Waals surface area contributed by atoms with Crippen LogP contribution in [0.1, 0.15) is 16.2 Å². The van der Waals surface area contributed by atoms with Crippen LogP contribution in [0.5, 0.6) is 0 Å². The molecule has 31 heavy (non-hydrogen) atoms. The van der Waals surface area contributed by atoms with Gasteiger partial charge in [0.05, 0.1) is 5.56 Å². The molecule has 2 aromatic heterocycles. The van der Waals surface area contributed by atoms with Crippen molar-refractivity contribution in [2.24, 2.45) is 0 Å². The molecule has 7 heteroatoms. The molecule has 0 bridgehead atoms. The normalized spacial score (nSPS) is 11.2. The number of halogens is 1. The van der Waals surface area contributed by atoms with Crippen molar-refractivity contribution in [1.82, 2.24) is 4.98 Å². The summed E-state index contributed by atoms with van der Waals surface area (Å²) < 4.78 is 19.5. The summed E-state index contributed by atoms with van der Waals surface area (Å²) in [4.78, 5) is 17.7. The average Bonchev–Trinajstić information content (AvgIpc) is 3.42. The summed E-state index contributed by atoms with van der Waals surface area (Å²) in [6.45, 7) is 0. The fraction of sp³-hybridized carbons (Fsp3) is 0.0417. The number of nitrogens with zero attached hydrogens (tertiary/aromatic N) is 2. The van der Waals surface area contributed by atoms with Gasteiger partial charge in [0.25, 0.3) is 5.91 Å². The number of nitrogens with one attached hydrogen (secondary N) is 1. The van der Waals surface area contributed by atoms with Crippen LogP contribution in [-0.2, 0) is 11.2 Å². The number of amides is 1. The maximum absolute atomic E-state index is 13.9. The number of carbonyl (C=O) groups is 1. The number of nitriles is 1. The topological polar surface area (TPSA) is 78.9 Å². The van der Waals surface area contributed by atoms with Crippen LogP contribution in [0.15, 0.2) is 82.9 Å². The molecule has 0 saturated heterocycles. The van der Waals surface area contributed by atoms with E-state index >= 15 is 0 Å². The molecule has 2 heterocycles. The number of benzene rings is 2. The third kappa shape index (κ3) is 4.94. The number of aromatic nitrogens is 1. The summed E-state index contributed by atoms with van der Waals surface area (Å²) in [5, 5.41) is 12.5. The Kier molecular flexibility index (Phi) is 6.01. The number of hydrogen-bond donors (Lipinski definition) is 1. The van der Waals surface area contributed by atoms with Crippen molar-refractivity contribution in [1.29, 1.82) is 5.26 Å². The summed E-state index contributed by atoms with van der Waals surface area (Å²) in [6.07, 6.45) is 3.73. The molecule has 0 aliphatic heterocycles. The van der Waals surface area contributed by atoms with E-state index in [-0.39, 0.29) is 11.3 Å². The summed E-state index contributed by atoms with van der Waals surface area (Å²) in [6, 6.07) is 21.2. The van der Waals surface area contributed by atoms with Crippen LogP contribution < -0.4 is 5.32 Å². The molecule has 0 radical (unpaired) electrons. The molecule has 0 unspecified atom stereocenters. The van der Waals surface area contributed by atoms with Crippen LogP contribution in [0.4, 0.5) is 9.52 Å². The van der Waals surface area contributed by atoms with E-state index in [4.69, 9.17) is 4.42 Å².